The molecule has 1 saturated carbocycles. The van der Waals surface area contributed by atoms with Gasteiger partial charge in [-0.15, -0.1) is 10.2 Å². The molecule has 2 rings (SSSR count). The zero-order valence-corrected chi connectivity index (χ0v) is 12.7. The molecule has 6 heteroatoms. The first kappa shape index (κ1) is 14.4. The topological polar surface area (TPSA) is 59.8 Å². The van der Waals surface area contributed by atoms with E-state index in [9.17, 15) is 4.79 Å². The Kier molecular flexibility index (Phi) is 4.85. The quantitative estimate of drug-likeness (QED) is 0.860. The molecule has 106 valence electrons. The van der Waals surface area contributed by atoms with Gasteiger partial charge < -0.3 is 9.88 Å². The number of nitrogens with one attached hydrogen (secondary N) is 1. The molecule has 0 unspecified atom stereocenters. The van der Waals surface area contributed by atoms with Crippen LogP contribution in [0.3, 0.4) is 0 Å². The normalized spacial score (nSPS) is 23.3. The zero-order valence-electron chi connectivity index (χ0n) is 11.8. The van der Waals surface area contributed by atoms with Gasteiger partial charge in [-0.1, -0.05) is 31.5 Å². The SMILES string of the molecule is CNC(=O)CSc1nnc(C)n1[C@@H]1CCC[C@H](C)C1. The van der Waals surface area contributed by atoms with Crippen molar-refractivity contribution in [2.24, 2.45) is 5.92 Å². The zero-order chi connectivity index (χ0) is 13.8. The predicted molar refractivity (Wildman–Crippen MR) is 76.2 cm³/mol. The molecule has 2 atom stereocenters. The first-order valence-corrected chi connectivity index (χ1v) is 7.85. The Morgan fingerprint density at radius 3 is 2.95 bits per heavy atom. The van der Waals surface area contributed by atoms with E-state index in [2.05, 4.69) is 27.0 Å². The Balaban J connectivity index is 2.10. The molecule has 19 heavy (non-hydrogen) atoms. The van der Waals surface area contributed by atoms with Crippen molar-refractivity contribution in [3.05, 3.63) is 5.82 Å². The highest BCUT2D eigenvalue weighted by Crippen LogP contribution is 2.35. The fraction of sp³-hybridized carbons (Fsp3) is 0.769. The van der Waals surface area contributed by atoms with Crippen molar-refractivity contribution in [1.82, 2.24) is 20.1 Å². The number of thioether (sulfide) groups is 1. The molecule has 0 spiro atoms. The van der Waals surface area contributed by atoms with Crippen LogP contribution in [0.2, 0.25) is 0 Å². The van der Waals surface area contributed by atoms with E-state index in [4.69, 9.17) is 0 Å². The standard InChI is InChI=1S/C13H22N4OS/c1-9-5-4-6-11(7-9)17-10(2)15-16-13(17)19-8-12(18)14-3/h9,11H,4-8H2,1-3H3,(H,14,18)/t9-,11+/m0/s1. The monoisotopic (exact) mass is 282 g/mol. The Morgan fingerprint density at radius 2 is 2.26 bits per heavy atom. The smallest absolute Gasteiger partial charge is 0.230 e. The fourth-order valence-corrected chi connectivity index (χ4v) is 3.63. The Morgan fingerprint density at radius 1 is 1.47 bits per heavy atom. The maximum atomic E-state index is 11.3. The van der Waals surface area contributed by atoms with E-state index in [0.717, 1.165) is 16.9 Å². The molecular formula is C13H22N4OS. The van der Waals surface area contributed by atoms with Crippen molar-refractivity contribution < 1.29 is 4.79 Å². The summed E-state index contributed by atoms with van der Waals surface area (Å²) in [5.41, 5.74) is 0. The van der Waals surface area contributed by atoms with Gasteiger partial charge in [0.15, 0.2) is 5.16 Å². The van der Waals surface area contributed by atoms with Crippen molar-refractivity contribution in [1.29, 1.82) is 0 Å². The van der Waals surface area contributed by atoms with Gasteiger partial charge in [-0.05, 0) is 25.7 Å². The number of aryl methyl sites for hydroxylation is 1. The summed E-state index contributed by atoms with van der Waals surface area (Å²) in [4.78, 5) is 11.3. The van der Waals surface area contributed by atoms with E-state index < -0.39 is 0 Å². The van der Waals surface area contributed by atoms with Crippen LogP contribution in [0, 0.1) is 12.8 Å². The van der Waals surface area contributed by atoms with Crippen LogP contribution in [-0.2, 0) is 4.79 Å². The molecule has 0 aromatic carbocycles. The third-order valence-corrected chi connectivity index (χ3v) is 4.66. The van der Waals surface area contributed by atoms with E-state index in [1.54, 1.807) is 7.05 Å². The maximum absolute atomic E-state index is 11.3. The minimum Gasteiger partial charge on any atom is -0.358 e. The molecule has 0 bridgehead atoms. The van der Waals surface area contributed by atoms with Gasteiger partial charge in [0, 0.05) is 13.1 Å². The lowest BCUT2D eigenvalue weighted by molar-refractivity contribution is -0.118. The van der Waals surface area contributed by atoms with Gasteiger partial charge in [0.25, 0.3) is 0 Å². The van der Waals surface area contributed by atoms with Crippen LogP contribution in [0.5, 0.6) is 0 Å². The van der Waals surface area contributed by atoms with Gasteiger partial charge in [-0.2, -0.15) is 0 Å². The van der Waals surface area contributed by atoms with Gasteiger partial charge in [-0.3, -0.25) is 4.79 Å². The summed E-state index contributed by atoms with van der Waals surface area (Å²) in [5.74, 6) is 2.14. The molecule has 1 aliphatic carbocycles. The highest BCUT2D eigenvalue weighted by molar-refractivity contribution is 7.99. The Bertz CT molecular complexity index is 446. The number of rotatable bonds is 4. The van der Waals surface area contributed by atoms with Crippen LogP contribution >= 0.6 is 11.8 Å². The summed E-state index contributed by atoms with van der Waals surface area (Å²) in [6.45, 7) is 4.30. The summed E-state index contributed by atoms with van der Waals surface area (Å²) < 4.78 is 2.23. The minimum atomic E-state index is 0.0224. The molecule has 1 aliphatic rings. The van der Waals surface area contributed by atoms with Crippen molar-refractivity contribution in [3.8, 4) is 0 Å². The molecule has 5 nitrogen and oxygen atoms in total. The van der Waals surface area contributed by atoms with E-state index in [1.807, 2.05) is 6.92 Å². The first-order chi connectivity index (χ1) is 9.11. The largest absolute Gasteiger partial charge is 0.358 e. The molecule has 0 radical (unpaired) electrons. The number of carbonyl (C=O) groups excluding carboxylic acids is 1. The third kappa shape index (κ3) is 3.49. The third-order valence-electron chi connectivity index (χ3n) is 3.72. The van der Waals surface area contributed by atoms with Crippen molar-refractivity contribution in [3.63, 3.8) is 0 Å². The highest BCUT2D eigenvalue weighted by atomic mass is 32.2. The van der Waals surface area contributed by atoms with Gasteiger partial charge >= 0.3 is 0 Å². The molecule has 0 saturated heterocycles. The Hall–Kier alpha value is -1.04. The van der Waals surface area contributed by atoms with Crippen LogP contribution in [0.1, 0.15) is 44.5 Å². The van der Waals surface area contributed by atoms with Crippen LogP contribution in [0.4, 0.5) is 0 Å². The average Bonchev–Trinajstić information content (AvgIpc) is 2.77. The first-order valence-electron chi connectivity index (χ1n) is 6.86. The number of nitrogens with zero attached hydrogens (tertiary/aromatic N) is 3. The van der Waals surface area contributed by atoms with Crippen molar-refractivity contribution >= 4 is 17.7 Å². The van der Waals surface area contributed by atoms with Crippen LogP contribution in [-0.4, -0.2) is 33.5 Å². The van der Waals surface area contributed by atoms with E-state index >= 15 is 0 Å². The van der Waals surface area contributed by atoms with Gasteiger partial charge in [-0.25, -0.2) is 0 Å². The molecule has 1 aromatic heterocycles. The molecule has 1 fully saturated rings. The lowest BCUT2D eigenvalue weighted by Gasteiger charge is -2.29. The van der Waals surface area contributed by atoms with Crippen LogP contribution in [0.25, 0.3) is 0 Å². The van der Waals surface area contributed by atoms with Gasteiger partial charge in [0.2, 0.25) is 5.91 Å². The van der Waals surface area contributed by atoms with Crippen molar-refractivity contribution in [2.45, 2.75) is 50.7 Å². The summed E-state index contributed by atoms with van der Waals surface area (Å²) in [5, 5.41) is 11.9. The lowest BCUT2D eigenvalue weighted by atomic mass is 9.87. The molecule has 1 heterocycles. The molecule has 1 aromatic rings. The van der Waals surface area contributed by atoms with Crippen LogP contribution < -0.4 is 5.32 Å². The average molecular weight is 282 g/mol. The number of hydrogen-bond donors (Lipinski definition) is 1. The number of hydrogen-bond acceptors (Lipinski definition) is 4. The van der Waals surface area contributed by atoms with Crippen molar-refractivity contribution in [2.75, 3.05) is 12.8 Å². The maximum Gasteiger partial charge on any atom is 0.230 e. The highest BCUT2D eigenvalue weighted by Gasteiger charge is 2.24. The second kappa shape index (κ2) is 6.41. The summed E-state index contributed by atoms with van der Waals surface area (Å²) in [7, 11) is 1.65. The predicted octanol–water partition coefficient (Wildman–Crippen LogP) is 2.18. The van der Waals surface area contributed by atoms with Gasteiger partial charge in [0.05, 0.1) is 5.75 Å². The molecule has 1 N–H and O–H groups in total. The van der Waals surface area contributed by atoms with E-state index in [-0.39, 0.29) is 5.91 Å². The number of carbonyl (C=O) groups is 1. The van der Waals surface area contributed by atoms with Gasteiger partial charge in [0.1, 0.15) is 5.82 Å². The summed E-state index contributed by atoms with van der Waals surface area (Å²) >= 11 is 1.47. The fourth-order valence-electron chi connectivity index (χ4n) is 2.71. The molecule has 1 amide bonds. The summed E-state index contributed by atoms with van der Waals surface area (Å²) in [6.07, 6.45) is 4.96. The van der Waals surface area contributed by atoms with Crippen LogP contribution in [0.15, 0.2) is 5.16 Å². The van der Waals surface area contributed by atoms with E-state index in [1.165, 1.54) is 37.4 Å². The number of amides is 1. The minimum absolute atomic E-state index is 0.0224. The summed E-state index contributed by atoms with van der Waals surface area (Å²) in [6, 6.07) is 0.492. The van der Waals surface area contributed by atoms with E-state index in [0.29, 0.717) is 11.8 Å². The second-order valence-electron chi connectivity index (χ2n) is 5.29. The number of aromatic nitrogens is 3. The Labute approximate surface area is 118 Å². The molecule has 0 aliphatic heterocycles. The second-order valence-corrected chi connectivity index (χ2v) is 6.23. The lowest BCUT2D eigenvalue weighted by Crippen LogP contribution is -2.22. The molecular weight excluding hydrogens is 260 g/mol.